The topological polar surface area (TPSA) is 97.3 Å². The maximum absolute atomic E-state index is 15.4. The molecule has 0 bridgehead atoms. The molecule has 0 N–H and O–H groups in total. The standard InChI is InChI=1S/C32H38BrFIN5O5/c1-31(2,3)45-30(42)40-19-32(20-40)11-15-38(16-12-32)27-23-17-35-26(33)24(34)25(23)36-28(37-27)44-22-9-13-39(14-10-22)29(41)43-18-21-7-5-4-6-8-21/h4-8,17,22H,9-16,18-20H2,1-3H3. The van der Waals surface area contributed by atoms with E-state index in [0.29, 0.717) is 47.3 Å². The molecule has 10 nitrogen and oxygen atoms in total. The number of benzene rings is 1. The zero-order valence-electron chi connectivity index (χ0n) is 25.7. The van der Waals surface area contributed by atoms with Crippen molar-refractivity contribution < 1.29 is 28.2 Å². The van der Waals surface area contributed by atoms with Crippen molar-refractivity contribution in [1.82, 2.24) is 19.8 Å². The van der Waals surface area contributed by atoms with Crippen LogP contribution in [0.3, 0.4) is 0 Å². The van der Waals surface area contributed by atoms with Gasteiger partial charge in [-0.3, -0.25) is 0 Å². The van der Waals surface area contributed by atoms with Crippen molar-refractivity contribution in [2.75, 3.05) is 44.2 Å². The Hall–Kier alpha value is -2.81. The fourth-order valence-corrected chi connectivity index (χ4v) is 8.54. The minimum Gasteiger partial charge on any atom is -0.460 e. The first-order valence-corrected chi connectivity index (χ1v) is 18.4. The predicted octanol–water partition coefficient (Wildman–Crippen LogP) is 4.82. The fraction of sp³-hybridized carbons (Fsp3) is 0.531. The smallest absolute Gasteiger partial charge is 0.410 e. The van der Waals surface area contributed by atoms with Crippen LogP contribution in [0.15, 0.2) is 30.3 Å². The van der Waals surface area contributed by atoms with E-state index in [1.165, 1.54) is 0 Å². The largest absolute Gasteiger partial charge is 0.460 e. The lowest BCUT2D eigenvalue weighted by Crippen LogP contribution is -2.62. The molecule has 0 unspecified atom stereocenters. The van der Waals surface area contributed by atoms with E-state index >= 15 is 4.39 Å². The first kappa shape index (κ1) is 32.1. The summed E-state index contributed by atoms with van der Waals surface area (Å²) in [5.41, 5.74) is 0.496. The molecule has 3 saturated heterocycles. The summed E-state index contributed by atoms with van der Waals surface area (Å²) in [6, 6.07) is 9.75. The summed E-state index contributed by atoms with van der Waals surface area (Å²) >= 11 is 2.73. The first-order valence-electron chi connectivity index (χ1n) is 15.3. The highest BCUT2D eigenvalue weighted by atomic mass is 127. The third kappa shape index (κ3) is 7.44. The highest BCUT2D eigenvalue weighted by molar-refractivity contribution is 14.2. The van der Waals surface area contributed by atoms with E-state index in [9.17, 15) is 9.59 Å². The van der Waals surface area contributed by atoms with Crippen LogP contribution in [-0.4, -0.2) is 85.3 Å². The van der Waals surface area contributed by atoms with Gasteiger partial charge in [-0.25, -0.2) is 14.0 Å². The highest BCUT2D eigenvalue weighted by Crippen LogP contribution is 2.41. The number of carbonyl (C=O) groups excluding carboxylic acids is 2. The Balaban J connectivity index is 1.09. The van der Waals surface area contributed by atoms with Gasteiger partial charge in [-0.05, 0) is 59.2 Å². The number of hydrogen-bond donors (Lipinski definition) is 0. The van der Waals surface area contributed by atoms with Crippen LogP contribution in [0, 0.1) is 5.41 Å². The third-order valence-electron chi connectivity index (χ3n) is 8.54. The lowest BCUT2D eigenvalue weighted by atomic mass is 9.72. The molecule has 0 aliphatic carbocycles. The van der Waals surface area contributed by atoms with Crippen molar-refractivity contribution in [1.29, 1.82) is 0 Å². The molecule has 0 saturated carbocycles. The van der Waals surface area contributed by atoms with Gasteiger partial charge in [-0.2, -0.15) is 9.97 Å². The Morgan fingerprint density at radius 3 is 2.38 bits per heavy atom. The zero-order valence-corrected chi connectivity index (χ0v) is 29.5. The predicted molar refractivity (Wildman–Crippen MR) is 182 cm³/mol. The molecule has 5 heterocycles. The number of aromatic nitrogens is 2. The maximum Gasteiger partial charge on any atom is 0.410 e. The summed E-state index contributed by atoms with van der Waals surface area (Å²) in [5.74, 6) is 0.343. The highest BCUT2D eigenvalue weighted by Gasteiger charge is 2.48. The molecule has 242 valence electrons. The lowest BCUT2D eigenvalue weighted by molar-refractivity contribution is -0.0435. The van der Waals surface area contributed by atoms with Crippen LogP contribution < -0.4 is 20.2 Å². The van der Waals surface area contributed by atoms with Crippen molar-refractivity contribution in [3.05, 3.63) is 46.5 Å². The molecule has 1 spiro atoms. The Morgan fingerprint density at radius 1 is 1.02 bits per heavy atom. The van der Waals surface area contributed by atoms with E-state index in [1.54, 1.807) is 9.80 Å². The zero-order chi connectivity index (χ0) is 31.8. The second-order valence-corrected chi connectivity index (χ2v) is 17.7. The number of halogens is 3. The van der Waals surface area contributed by atoms with Crippen molar-refractivity contribution >= 4 is 67.0 Å². The molecule has 2 aromatic rings. The molecule has 6 rings (SSSR count). The van der Waals surface area contributed by atoms with Crippen molar-refractivity contribution in [2.45, 2.75) is 64.8 Å². The average molecular weight is 798 g/mol. The molecular weight excluding hydrogens is 760 g/mol. The number of anilines is 1. The molecule has 0 atom stereocenters. The number of nitrogens with zero attached hydrogens (tertiary/aromatic N) is 5. The normalized spacial score (nSPS) is 19.9. The molecule has 4 aliphatic heterocycles. The monoisotopic (exact) mass is 797 g/mol. The van der Waals surface area contributed by atoms with E-state index in [2.05, 4.69) is 29.9 Å². The van der Waals surface area contributed by atoms with E-state index in [4.69, 9.17) is 19.2 Å². The molecule has 0 radical (unpaired) electrons. The van der Waals surface area contributed by atoms with Crippen LogP contribution >= 0.6 is 36.7 Å². The van der Waals surface area contributed by atoms with Crippen LogP contribution in [0.1, 0.15) is 52.0 Å². The van der Waals surface area contributed by atoms with Gasteiger partial charge in [0.2, 0.25) is 0 Å². The molecule has 13 heteroatoms. The summed E-state index contributed by atoms with van der Waals surface area (Å²) in [6.45, 7) is 9.70. The lowest BCUT2D eigenvalue weighted by Gasteiger charge is -2.53. The fourth-order valence-electron chi connectivity index (χ4n) is 6.08. The van der Waals surface area contributed by atoms with Crippen molar-refractivity contribution in [3.8, 4) is 6.01 Å². The molecule has 4 aliphatic rings. The number of rotatable bonds is 5. The number of piperidine rings is 2. The van der Waals surface area contributed by atoms with Gasteiger partial charge >= 0.3 is 18.2 Å². The van der Waals surface area contributed by atoms with Crippen LogP contribution in [0.5, 0.6) is 6.01 Å². The average Bonchev–Trinajstić information content (AvgIpc) is 3.00. The van der Waals surface area contributed by atoms with Crippen LogP contribution in [0.2, 0.25) is 0 Å². The number of hydrogen-bond acceptors (Lipinski definition) is 8. The number of amides is 2. The second-order valence-electron chi connectivity index (χ2n) is 13.1. The van der Waals surface area contributed by atoms with E-state index in [0.717, 1.165) is 36.7 Å². The number of ether oxygens (including phenoxy) is 3. The summed E-state index contributed by atoms with van der Waals surface area (Å²) in [5, 5.41) is 0.988. The van der Waals surface area contributed by atoms with Gasteiger partial charge in [0, 0.05) is 57.5 Å². The van der Waals surface area contributed by atoms with Crippen molar-refractivity contribution in [2.24, 2.45) is 5.41 Å². The van der Waals surface area contributed by atoms with Gasteiger partial charge in [0.1, 0.15) is 29.5 Å². The molecular formula is C32H38BrFIN5O5. The maximum atomic E-state index is 15.4. The second kappa shape index (κ2) is 13.1. The third-order valence-corrected chi connectivity index (χ3v) is 12.0. The van der Waals surface area contributed by atoms with E-state index in [1.807, 2.05) is 51.1 Å². The molecule has 1 aromatic heterocycles. The number of likely N-dealkylation sites (tertiary alicyclic amines) is 2. The van der Waals surface area contributed by atoms with Gasteiger partial charge in [0.05, 0.1) is 7.64 Å². The molecule has 3 fully saturated rings. The van der Waals surface area contributed by atoms with Gasteiger partial charge in [-0.1, -0.05) is 51.1 Å². The SMILES string of the molecule is CC(C)(C)OC(=O)N1CC2(CCN(c3nc(OC4CCN(C(=O)OCc5ccccc5)CC4)nc4c3=CI=C(Br)C=4F)CC2)C1. The van der Waals surface area contributed by atoms with Crippen molar-refractivity contribution in [3.63, 3.8) is 0 Å². The summed E-state index contributed by atoms with van der Waals surface area (Å²) < 4.78 is 35.3. The first-order chi connectivity index (χ1) is 21.5. The number of fused-ring (bicyclic) bond motifs is 1. The minimum atomic E-state index is -0.670. The van der Waals surface area contributed by atoms with Gasteiger partial charge in [0.25, 0.3) is 0 Å². The van der Waals surface area contributed by atoms with Crippen LogP contribution in [0.25, 0.3) is 9.91 Å². The molecule has 1 aromatic carbocycles. The summed E-state index contributed by atoms with van der Waals surface area (Å²) in [6.07, 6.45) is 2.18. The van der Waals surface area contributed by atoms with E-state index < -0.39 is 26.3 Å². The summed E-state index contributed by atoms with van der Waals surface area (Å²) in [4.78, 5) is 40.2. The summed E-state index contributed by atoms with van der Waals surface area (Å²) in [7, 11) is 0. The Kier molecular flexibility index (Phi) is 9.38. The minimum absolute atomic E-state index is 0.0703. The Morgan fingerprint density at radius 2 is 1.71 bits per heavy atom. The quantitative estimate of drug-likeness (QED) is 0.398. The Bertz CT molecular complexity index is 1590. The van der Waals surface area contributed by atoms with Crippen LogP contribution in [0.4, 0.5) is 19.8 Å². The van der Waals surface area contributed by atoms with Gasteiger partial charge < -0.3 is 28.9 Å². The molecule has 45 heavy (non-hydrogen) atoms. The van der Waals surface area contributed by atoms with Gasteiger partial charge in [-0.15, -0.1) is 0 Å². The van der Waals surface area contributed by atoms with Crippen LogP contribution in [-0.2, 0) is 16.1 Å². The Labute approximate surface area is 280 Å². The van der Waals surface area contributed by atoms with Gasteiger partial charge in [0.15, 0.2) is 5.83 Å². The number of carbonyl (C=O) groups is 2. The van der Waals surface area contributed by atoms with E-state index in [-0.39, 0.29) is 47.5 Å². The molecule has 2 amide bonds.